The van der Waals surface area contributed by atoms with Crippen molar-refractivity contribution in [1.29, 1.82) is 0 Å². The molecule has 0 unspecified atom stereocenters. The molecule has 1 aliphatic heterocycles. The van der Waals surface area contributed by atoms with E-state index in [0.717, 1.165) is 0 Å². The molecular formula is C12H13BrFNO2. The standard InChI is InChI=1S/C12H13BrFNO2/c1-8-10(13)6-9(7-11(8)14)12(16)15-2-4-17-5-3-15/h6-7H,2-5H2,1H3. The Bertz CT molecular complexity index is 421. The minimum absolute atomic E-state index is 0.145. The van der Waals surface area contributed by atoms with Gasteiger partial charge < -0.3 is 9.64 Å². The molecule has 1 fully saturated rings. The quantitative estimate of drug-likeness (QED) is 0.797. The molecule has 0 atom stereocenters. The van der Waals surface area contributed by atoms with E-state index >= 15 is 0 Å². The summed E-state index contributed by atoms with van der Waals surface area (Å²) in [6.45, 7) is 3.88. The molecule has 5 heteroatoms. The summed E-state index contributed by atoms with van der Waals surface area (Å²) in [6, 6.07) is 2.95. The van der Waals surface area contributed by atoms with E-state index in [1.807, 2.05) is 0 Å². The number of hydrogen-bond donors (Lipinski definition) is 0. The number of rotatable bonds is 1. The average molecular weight is 302 g/mol. The lowest BCUT2D eigenvalue weighted by atomic mass is 10.1. The van der Waals surface area contributed by atoms with Gasteiger partial charge in [0.2, 0.25) is 0 Å². The van der Waals surface area contributed by atoms with Crippen molar-refractivity contribution in [3.63, 3.8) is 0 Å². The second-order valence-corrected chi connectivity index (χ2v) is 4.82. The Morgan fingerprint density at radius 1 is 1.41 bits per heavy atom. The SMILES string of the molecule is Cc1c(F)cc(C(=O)N2CCOCC2)cc1Br. The third-order valence-corrected chi connectivity index (χ3v) is 3.65. The van der Waals surface area contributed by atoms with E-state index < -0.39 is 0 Å². The van der Waals surface area contributed by atoms with Crippen LogP contribution in [0.2, 0.25) is 0 Å². The second kappa shape index (κ2) is 5.14. The molecule has 0 aliphatic carbocycles. The van der Waals surface area contributed by atoms with Crippen molar-refractivity contribution >= 4 is 21.8 Å². The summed E-state index contributed by atoms with van der Waals surface area (Å²) < 4.78 is 19.3. The van der Waals surface area contributed by atoms with Crippen LogP contribution < -0.4 is 0 Å². The Balaban J connectivity index is 2.24. The van der Waals surface area contributed by atoms with Crippen LogP contribution in [-0.4, -0.2) is 37.1 Å². The van der Waals surface area contributed by atoms with Crippen molar-refractivity contribution in [3.05, 3.63) is 33.5 Å². The molecule has 92 valence electrons. The van der Waals surface area contributed by atoms with Crippen molar-refractivity contribution in [2.45, 2.75) is 6.92 Å². The highest BCUT2D eigenvalue weighted by molar-refractivity contribution is 9.10. The molecule has 1 amide bonds. The summed E-state index contributed by atoms with van der Waals surface area (Å²) in [5.74, 6) is -0.510. The lowest BCUT2D eigenvalue weighted by Gasteiger charge is -2.27. The number of ether oxygens (including phenoxy) is 1. The maximum atomic E-state index is 13.5. The van der Waals surface area contributed by atoms with Gasteiger partial charge in [-0.2, -0.15) is 0 Å². The molecule has 0 radical (unpaired) electrons. The molecule has 0 aromatic heterocycles. The predicted octanol–water partition coefficient (Wildman–Crippen LogP) is 2.37. The minimum atomic E-state index is -0.365. The maximum absolute atomic E-state index is 13.5. The van der Waals surface area contributed by atoms with Crippen LogP contribution in [0.25, 0.3) is 0 Å². The number of carbonyl (C=O) groups excluding carboxylic acids is 1. The highest BCUT2D eigenvalue weighted by atomic mass is 79.9. The fourth-order valence-corrected chi connectivity index (χ4v) is 2.15. The van der Waals surface area contributed by atoms with Crippen molar-refractivity contribution in [1.82, 2.24) is 4.90 Å². The van der Waals surface area contributed by atoms with Crippen LogP contribution in [-0.2, 0) is 4.74 Å². The number of carbonyl (C=O) groups is 1. The highest BCUT2D eigenvalue weighted by Gasteiger charge is 2.20. The average Bonchev–Trinajstić information content (AvgIpc) is 2.35. The van der Waals surface area contributed by atoms with Gasteiger partial charge in [-0.3, -0.25) is 4.79 Å². The lowest BCUT2D eigenvalue weighted by molar-refractivity contribution is 0.0302. The Morgan fingerprint density at radius 2 is 2.06 bits per heavy atom. The van der Waals surface area contributed by atoms with Gasteiger partial charge >= 0.3 is 0 Å². The fraction of sp³-hybridized carbons (Fsp3) is 0.417. The summed E-state index contributed by atoms with van der Waals surface area (Å²) >= 11 is 3.25. The molecule has 0 saturated carbocycles. The van der Waals surface area contributed by atoms with Crippen molar-refractivity contribution in [2.75, 3.05) is 26.3 Å². The molecule has 0 bridgehead atoms. The first-order chi connectivity index (χ1) is 8.09. The normalized spacial score (nSPS) is 16.1. The third-order valence-electron chi connectivity index (χ3n) is 2.83. The number of morpholine rings is 1. The van der Waals surface area contributed by atoms with Gasteiger partial charge in [0, 0.05) is 23.1 Å². The molecule has 1 aromatic rings. The third kappa shape index (κ3) is 2.66. The minimum Gasteiger partial charge on any atom is -0.378 e. The Kier molecular flexibility index (Phi) is 3.79. The Labute approximate surface area is 108 Å². The topological polar surface area (TPSA) is 29.5 Å². The van der Waals surface area contributed by atoms with Gasteiger partial charge in [0.25, 0.3) is 5.91 Å². The van der Waals surface area contributed by atoms with E-state index in [4.69, 9.17) is 4.74 Å². The van der Waals surface area contributed by atoms with Crippen LogP contribution >= 0.6 is 15.9 Å². The summed E-state index contributed by atoms with van der Waals surface area (Å²) in [4.78, 5) is 13.8. The molecule has 0 N–H and O–H groups in total. The van der Waals surface area contributed by atoms with Gasteiger partial charge in [-0.15, -0.1) is 0 Å². The fourth-order valence-electron chi connectivity index (χ4n) is 1.72. The molecule has 0 spiro atoms. The van der Waals surface area contributed by atoms with Crippen LogP contribution in [0.1, 0.15) is 15.9 Å². The number of nitrogens with zero attached hydrogens (tertiary/aromatic N) is 1. The molecule has 2 rings (SSSR count). The van der Waals surface area contributed by atoms with Gasteiger partial charge in [-0.1, -0.05) is 15.9 Å². The molecule has 17 heavy (non-hydrogen) atoms. The molecule has 1 aliphatic rings. The monoisotopic (exact) mass is 301 g/mol. The molecule has 1 saturated heterocycles. The summed E-state index contributed by atoms with van der Waals surface area (Å²) in [5.41, 5.74) is 0.894. The van der Waals surface area contributed by atoms with E-state index in [0.29, 0.717) is 41.9 Å². The van der Waals surface area contributed by atoms with E-state index in [1.54, 1.807) is 17.9 Å². The van der Waals surface area contributed by atoms with Gasteiger partial charge in [0.15, 0.2) is 0 Å². The zero-order valence-corrected chi connectivity index (χ0v) is 11.1. The van der Waals surface area contributed by atoms with Crippen LogP contribution in [0.15, 0.2) is 16.6 Å². The first-order valence-corrected chi connectivity index (χ1v) is 6.21. The highest BCUT2D eigenvalue weighted by Crippen LogP contribution is 2.22. The Hall–Kier alpha value is -0.940. The van der Waals surface area contributed by atoms with Crippen LogP contribution in [0.5, 0.6) is 0 Å². The van der Waals surface area contributed by atoms with Gasteiger partial charge in [0.1, 0.15) is 5.82 Å². The van der Waals surface area contributed by atoms with Gasteiger partial charge in [0.05, 0.1) is 13.2 Å². The first-order valence-electron chi connectivity index (χ1n) is 5.42. The first kappa shape index (κ1) is 12.5. The van der Waals surface area contributed by atoms with Crippen molar-refractivity contribution < 1.29 is 13.9 Å². The van der Waals surface area contributed by atoms with Crippen LogP contribution in [0.4, 0.5) is 4.39 Å². The van der Waals surface area contributed by atoms with Gasteiger partial charge in [-0.05, 0) is 24.6 Å². The van der Waals surface area contributed by atoms with Crippen molar-refractivity contribution in [3.8, 4) is 0 Å². The van der Waals surface area contributed by atoms with E-state index in [1.165, 1.54) is 6.07 Å². The van der Waals surface area contributed by atoms with E-state index in [-0.39, 0.29) is 11.7 Å². The molecule has 1 heterocycles. The maximum Gasteiger partial charge on any atom is 0.254 e. The van der Waals surface area contributed by atoms with Crippen molar-refractivity contribution in [2.24, 2.45) is 0 Å². The number of amides is 1. The lowest BCUT2D eigenvalue weighted by Crippen LogP contribution is -2.40. The zero-order chi connectivity index (χ0) is 12.4. The number of halogens is 2. The van der Waals surface area contributed by atoms with E-state index in [9.17, 15) is 9.18 Å². The number of hydrogen-bond acceptors (Lipinski definition) is 2. The summed E-state index contributed by atoms with van der Waals surface area (Å²) in [6.07, 6.45) is 0. The molecule has 1 aromatic carbocycles. The smallest absolute Gasteiger partial charge is 0.254 e. The van der Waals surface area contributed by atoms with Crippen LogP contribution in [0.3, 0.4) is 0 Å². The van der Waals surface area contributed by atoms with Gasteiger partial charge in [-0.25, -0.2) is 4.39 Å². The van der Waals surface area contributed by atoms with Crippen LogP contribution in [0, 0.1) is 12.7 Å². The molecule has 3 nitrogen and oxygen atoms in total. The summed E-state index contributed by atoms with van der Waals surface area (Å²) in [7, 11) is 0. The van der Waals surface area contributed by atoms with E-state index in [2.05, 4.69) is 15.9 Å². The molecular weight excluding hydrogens is 289 g/mol. The zero-order valence-electron chi connectivity index (χ0n) is 9.50. The predicted molar refractivity (Wildman–Crippen MR) is 65.6 cm³/mol. The second-order valence-electron chi connectivity index (χ2n) is 3.97. The summed E-state index contributed by atoms with van der Waals surface area (Å²) in [5, 5.41) is 0. The largest absolute Gasteiger partial charge is 0.378 e. The Morgan fingerprint density at radius 3 is 2.65 bits per heavy atom. The number of benzene rings is 1.